The Balaban J connectivity index is 2.20. The van der Waals surface area contributed by atoms with Crippen molar-refractivity contribution in [2.24, 2.45) is 0 Å². The van der Waals surface area contributed by atoms with E-state index in [1.807, 2.05) is 6.92 Å². The zero-order valence-electron chi connectivity index (χ0n) is 10.5. The first-order valence-corrected chi connectivity index (χ1v) is 5.98. The summed E-state index contributed by atoms with van der Waals surface area (Å²) in [7, 11) is 0. The molecule has 1 N–H and O–H groups in total. The van der Waals surface area contributed by atoms with Crippen LogP contribution < -0.4 is 10.1 Å². The summed E-state index contributed by atoms with van der Waals surface area (Å²) in [6.45, 7) is 3.06. The molecule has 0 atom stereocenters. The van der Waals surface area contributed by atoms with E-state index in [9.17, 15) is 8.78 Å². The molecule has 2 aromatic rings. The molecule has 3 nitrogen and oxygen atoms in total. The number of rotatable bonds is 5. The van der Waals surface area contributed by atoms with Gasteiger partial charge >= 0.3 is 0 Å². The number of nitrogens with one attached hydrogen (secondary N) is 1. The number of aromatic nitrogens is 1. The van der Waals surface area contributed by atoms with Crippen LogP contribution in [0.2, 0.25) is 0 Å². The van der Waals surface area contributed by atoms with Crippen LogP contribution in [0.4, 0.5) is 8.78 Å². The van der Waals surface area contributed by atoms with E-state index in [0.29, 0.717) is 12.1 Å². The van der Waals surface area contributed by atoms with Crippen molar-refractivity contribution in [3.05, 3.63) is 53.7 Å². The number of ether oxygens (including phenoxy) is 1. The maximum Gasteiger partial charge on any atom is 0.256 e. The van der Waals surface area contributed by atoms with Crippen molar-refractivity contribution >= 4 is 0 Å². The Morgan fingerprint density at radius 3 is 2.84 bits per heavy atom. The molecule has 0 radical (unpaired) electrons. The van der Waals surface area contributed by atoms with Crippen molar-refractivity contribution in [2.75, 3.05) is 6.54 Å². The van der Waals surface area contributed by atoms with Crippen LogP contribution in [0.5, 0.6) is 11.6 Å². The van der Waals surface area contributed by atoms with Gasteiger partial charge in [0, 0.05) is 24.4 Å². The predicted molar refractivity (Wildman–Crippen MR) is 68.0 cm³/mol. The number of nitrogens with zero attached hydrogens (tertiary/aromatic N) is 1. The second kappa shape index (κ2) is 6.24. The molecule has 19 heavy (non-hydrogen) atoms. The Labute approximate surface area is 110 Å². The number of hydrogen-bond donors (Lipinski definition) is 1. The fraction of sp³-hybridized carbons (Fsp3) is 0.214. The molecule has 0 bridgehead atoms. The summed E-state index contributed by atoms with van der Waals surface area (Å²) in [5.74, 6) is -0.914. The molecule has 0 aliphatic rings. The number of halogens is 2. The fourth-order valence-corrected chi connectivity index (χ4v) is 1.57. The summed E-state index contributed by atoms with van der Waals surface area (Å²) in [6.07, 6.45) is 1.46. The highest BCUT2D eigenvalue weighted by atomic mass is 19.1. The third kappa shape index (κ3) is 3.48. The van der Waals surface area contributed by atoms with Crippen LogP contribution in [0, 0.1) is 11.6 Å². The molecule has 1 aromatic carbocycles. The highest BCUT2D eigenvalue weighted by Gasteiger charge is 2.11. The third-order valence-corrected chi connectivity index (χ3v) is 2.51. The number of benzene rings is 1. The molecular formula is C14H14F2N2O. The van der Waals surface area contributed by atoms with Crippen LogP contribution in [0.3, 0.4) is 0 Å². The van der Waals surface area contributed by atoms with E-state index in [1.54, 1.807) is 12.1 Å². The Morgan fingerprint density at radius 2 is 2.11 bits per heavy atom. The smallest absolute Gasteiger partial charge is 0.256 e. The quantitative estimate of drug-likeness (QED) is 0.900. The standard InChI is InChI=1S/C14H14F2N2O/c1-2-17-9-10-6-7-18-14(13(10)16)19-12-5-3-4-11(15)8-12/h3-8,17H,2,9H2,1H3. The van der Waals surface area contributed by atoms with Crippen LogP contribution in [0.15, 0.2) is 36.5 Å². The molecule has 5 heteroatoms. The molecule has 0 fully saturated rings. The summed E-state index contributed by atoms with van der Waals surface area (Å²) >= 11 is 0. The van der Waals surface area contributed by atoms with Gasteiger partial charge < -0.3 is 10.1 Å². The van der Waals surface area contributed by atoms with Crippen LogP contribution in [0.25, 0.3) is 0 Å². The molecule has 0 aliphatic carbocycles. The van der Waals surface area contributed by atoms with Crippen molar-refractivity contribution in [3.63, 3.8) is 0 Å². The van der Waals surface area contributed by atoms with Gasteiger partial charge in [0.05, 0.1) is 0 Å². The third-order valence-electron chi connectivity index (χ3n) is 2.51. The molecule has 0 saturated heterocycles. The van der Waals surface area contributed by atoms with Crippen molar-refractivity contribution in [1.29, 1.82) is 0 Å². The average molecular weight is 264 g/mol. The van der Waals surface area contributed by atoms with Crippen molar-refractivity contribution in [2.45, 2.75) is 13.5 Å². The first-order chi connectivity index (χ1) is 9.20. The van der Waals surface area contributed by atoms with E-state index in [1.165, 1.54) is 24.4 Å². The minimum Gasteiger partial charge on any atom is -0.436 e. The molecule has 100 valence electrons. The van der Waals surface area contributed by atoms with E-state index in [-0.39, 0.29) is 11.6 Å². The minimum atomic E-state index is -0.535. The zero-order chi connectivity index (χ0) is 13.7. The van der Waals surface area contributed by atoms with Crippen LogP contribution in [-0.4, -0.2) is 11.5 Å². The van der Waals surface area contributed by atoms with E-state index >= 15 is 0 Å². The molecule has 0 spiro atoms. The van der Waals surface area contributed by atoms with Gasteiger partial charge in [0.25, 0.3) is 5.88 Å². The van der Waals surface area contributed by atoms with Crippen molar-refractivity contribution < 1.29 is 13.5 Å². The van der Waals surface area contributed by atoms with Gasteiger partial charge in [-0.15, -0.1) is 0 Å². The molecule has 0 amide bonds. The topological polar surface area (TPSA) is 34.2 Å². The maximum atomic E-state index is 14.1. The SMILES string of the molecule is CCNCc1ccnc(Oc2cccc(F)c2)c1F. The summed E-state index contributed by atoms with van der Waals surface area (Å²) in [5.41, 5.74) is 0.461. The first kappa shape index (κ1) is 13.4. The molecule has 2 rings (SSSR count). The minimum absolute atomic E-state index is 0.152. The summed E-state index contributed by atoms with van der Waals surface area (Å²) < 4.78 is 32.3. The monoisotopic (exact) mass is 264 g/mol. The van der Waals surface area contributed by atoms with E-state index in [0.717, 1.165) is 6.54 Å². The molecular weight excluding hydrogens is 250 g/mol. The summed E-state index contributed by atoms with van der Waals surface area (Å²) in [6, 6.07) is 7.08. The molecule has 1 heterocycles. The van der Waals surface area contributed by atoms with Crippen LogP contribution in [-0.2, 0) is 6.54 Å². The van der Waals surface area contributed by atoms with E-state index in [4.69, 9.17) is 4.74 Å². The van der Waals surface area contributed by atoms with Gasteiger partial charge in [-0.3, -0.25) is 0 Å². The predicted octanol–water partition coefficient (Wildman–Crippen LogP) is 3.26. The van der Waals surface area contributed by atoms with E-state index in [2.05, 4.69) is 10.3 Å². The van der Waals surface area contributed by atoms with E-state index < -0.39 is 11.6 Å². The second-order valence-corrected chi connectivity index (χ2v) is 3.93. The lowest BCUT2D eigenvalue weighted by atomic mass is 10.2. The Bertz CT molecular complexity index is 561. The normalized spacial score (nSPS) is 10.5. The fourth-order valence-electron chi connectivity index (χ4n) is 1.57. The first-order valence-electron chi connectivity index (χ1n) is 5.98. The molecule has 0 unspecified atom stereocenters. The Morgan fingerprint density at radius 1 is 1.26 bits per heavy atom. The summed E-state index contributed by atoms with van der Waals surface area (Å²) in [5, 5.41) is 3.02. The van der Waals surface area contributed by atoms with Gasteiger partial charge in [0.2, 0.25) is 0 Å². The highest BCUT2D eigenvalue weighted by Crippen LogP contribution is 2.24. The zero-order valence-corrected chi connectivity index (χ0v) is 10.5. The van der Waals surface area contributed by atoms with Crippen LogP contribution >= 0.6 is 0 Å². The lowest BCUT2D eigenvalue weighted by Gasteiger charge is -2.09. The lowest BCUT2D eigenvalue weighted by Crippen LogP contribution is -2.13. The maximum absolute atomic E-state index is 14.1. The van der Waals surface area contributed by atoms with Crippen LogP contribution in [0.1, 0.15) is 12.5 Å². The van der Waals surface area contributed by atoms with Gasteiger partial charge in [-0.1, -0.05) is 13.0 Å². The number of hydrogen-bond acceptors (Lipinski definition) is 3. The molecule has 0 saturated carbocycles. The Hall–Kier alpha value is -2.01. The van der Waals surface area contributed by atoms with Crippen molar-refractivity contribution in [3.8, 4) is 11.6 Å². The highest BCUT2D eigenvalue weighted by molar-refractivity contribution is 5.30. The molecule has 1 aromatic heterocycles. The van der Waals surface area contributed by atoms with Gasteiger partial charge in [0.15, 0.2) is 5.82 Å². The average Bonchev–Trinajstić information content (AvgIpc) is 2.40. The van der Waals surface area contributed by atoms with Gasteiger partial charge in [-0.05, 0) is 24.7 Å². The van der Waals surface area contributed by atoms with Crippen molar-refractivity contribution in [1.82, 2.24) is 10.3 Å². The Kier molecular flexibility index (Phi) is 4.41. The largest absolute Gasteiger partial charge is 0.436 e. The molecule has 0 aliphatic heterocycles. The van der Waals surface area contributed by atoms with Gasteiger partial charge in [-0.2, -0.15) is 0 Å². The second-order valence-electron chi connectivity index (χ2n) is 3.93. The summed E-state index contributed by atoms with van der Waals surface area (Å²) in [4.78, 5) is 3.82. The van der Waals surface area contributed by atoms with Gasteiger partial charge in [-0.25, -0.2) is 13.8 Å². The lowest BCUT2D eigenvalue weighted by molar-refractivity contribution is 0.415. The number of pyridine rings is 1. The van der Waals surface area contributed by atoms with Gasteiger partial charge in [0.1, 0.15) is 11.6 Å².